The Bertz CT molecular complexity index is 405. The average molecular weight is 241 g/mol. The molecule has 0 fully saturated rings. The van der Waals surface area contributed by atoms with Gasteiger partial charge in [-0.05, 0) is 12.1 Å². The van der Waals surface area contributed by atoms with Gasteiger partial charge in [0.05, 0.1) is 26.9 Å². The van der Waals surface area contributed by atoms with Gasteiger partial charge in [0.2, 0.25) is 0 Å². The van der Waals surface area contributed by atoms with E-state index in [1.54, 1.807) is 0 Å². The van der Waals surface area contributed by atoms with E-state index >= 15 is 0 Å². The lowest BCUT2D eigenvalue weighted by Crippen LogP contribution is -2.12. The number of benzene rings is 1. The second-order valence-electron chi connectivity index (χ2n) is 3.20. The number of methoxy groups -OCH3 is 2. The fraction of sp³-hybridized carbons (Fsp3) is 0.364. The lowest BCUT2D eigenvalue weighted by atomic mass is 10.1. The van der Waals surface area contributed by atoms with E-state index < -0.39 is 5.97 Å². The molecule has 2 N–H and O–H groups in total. The van der Waals surface area contributed by atoms with Crippen LogP contribution in [0.5, 0.6) is 11.5 Å². The molecule has 1 rings (SSSR count). The summed E-state index contributed by atoms with van der Waals surface area (Å²) in [6.45, 7) is 0.240. The van der Waals surface area contributed by atoms with Gasteiger partial charge in [-0.15, -0.1) is 0 Å². The van der Waals surface area contributed by atoms with E-state index in [2.05, 4.69) is 15.1 Å². The van der Waals surface area contributed by atoms with Crippen molar-refractivity contribution in [2.75, 3.05) is 21.3 Å². The molecule has 0 spiro atoms. The Morgan fingerprint density at radius 2 is 2.06 bits per heavy atom. The number of aromatic hydroxyl groups is 1. The van der Waals surface area contributed by atoms with Crippen molar-refractivity contribution in [3.63, 3.8) is 0 Å². The molecular formula is C11H15NO5. The van der Waals surface area contributed by atoms with Gasteiger partial charge in [0.15, 0.2) is 11.5 Å². The second-order valence-corrected chi connectivity index (χ2v) is 3.20. The molecule has 0 unspecified atom stereocenters. The van der Waals surface area contributed by atoms with Crippen LogP contribution in [0.25, 0.3) is 0 Å². The number of hydrogen-bond donors (Lipinski definition) is 2. The summed E-state index contributed by atoms with van der Waals surface area (Å²) >= 11 is 0. The molecule has 94 valence electrons. The van der Waals surface area contributed by atoms with Crippen molar-refractivity contribution in [2.24, 2.45) is 0 Å². The topological polar surface area (TPSA) is 77.0 Å². The Morgan fingerprint density at radius 3 is 2.59 bits per heavy atom. The van der Waals surface area contributed by atoms with Gasteiger partial charge in [-0.2, -0.15) is 5.48 Å². The Hall–Kier alpha value is -1.79. The van der Waals surface area contributed by atoms with E-state index in [4.69, 9.17) is 4.74 Å². The number of phenolic OH excluding ortho intramolecular Hbond substituents is 1. The van der Waals surface area contributed by atoms with Gasteiger partial charge < -0.3 is 19.4 Å². The van der Waals surface area contributed by atoms with Gasteiger partial charge in [-0.25, -0.2) is 4.79 Å². The molecule has 0 atom stereocenters. The molecule has 0 aliphatic heterocycles. The lowest BCUT2D eigenvalue weighted by molar-refractivity contribution is 0.0599. The maximum Gasteiger partial charge on any atom is 0.337 e. The number of ether oxygens (including phenoxy) is 2. The standard InChI is InChI=1S/C11H15NO5/c1-15-9-5-7(11(14)16-2)4-8(10(9)13)6-12-17-3/h4-5,12-13H,6H2,1-3H3. The molecular weight excluding hydrogens is 226 g/mol. The number of carbonyl (C=O) groups is 1. The summed E-state index contributed by atoms with van der Waals surface area (Å²) in [7, 11) is 4.15. The van der Waals surface area contributed by atoms with Crippen LogP contribution in [0.15, 0.2) is 12.1 Å². The molecule has 0 saturated heterocycles. The van der Waals surface area contributed by atoms with Crippen molar-refractivity contribution in [1.82, 2.24) is 5.48 Å². The minimum Gasteiger partial charge on any atom is -0.504 e. The van der Waals surface area contributed by atoms with E-state index in [0.29, 0.717) is 11.1 Å². The maximum atomic E-state index is 11.4. The van der Waals surface area contributed by atoms with Crippen LogP contribution in [0, 0.1) is 0 Å². The highest BCUT2D eigenvalue weighted by Crippen LogP contribution is 2.31. The van der Waals surface area contributed by atoms with Crippen LogP contribution in [0.1, 0.15) is 15.9 Å². The first-order valence-electron chi connectivity index (χ1n) is 4.88. The smallest absolute Gasteiger partial charge is 0.337 e. The number of esters is 1. The van der Waals surface area contributed by atoms with Crippen LogP contribution < -0.4 is 10.2 Å². The quantitative estimate of drug-likeness (QED) is 0.587. The second kappa shape index (κ2) is 6.07. The molecule has 1 aromatic rings. The molecule has 17 heavy (non-hydrogen) atoms. The number of nitrogens with one attached hydrogen (secondary N) is 1. The Labute approximate surface area is 99.1 Å². The van der Waals surface area contributed by atoms with Crippen molar-refractivity contribution in [3.05, 3.63) is 23.3 Å². The van der Waals surface area contributed by atoms with Crippen molar-refractivity contribution >= 4 is 5.97 Å². The average Bonchev–Trinajstić information content (AvgIpc) is 2.36. The molecule has 1 aromatic carbocycles. The first-order chi connectivity index (χ1) is 8.13. The predicted molar refractivity (Wildman–Crippen MR) is 59.8 cm³/mol. The fourth-order valence-corrected chi connectivity index (χ4v) is 1.34. The van der Waals surface area contributed by atoms with Gasteiger partial charge >= 0.3 is 5.97 Å². The first-order valence-corrected chi connectivity index (χ1v) is 4.88. The number of rotatable bonds is 5. The summed E-state index contributed by atoms with van der Waals surface area (Å²) in [6.07, 6.45) is 0. The summed E-state index contributed by atoms with van der Waals surface area (Å²) in [4.78, 5) is 16.1. The SMILES string of the molecule is CONCc1cc(C(=O)OC)cc(OC)c1O. The van der Waals surface area contributed by atoms with E-state index in [0.717, 1.165) is 0 Å². The van der Waals surface area contributed by atoms with Crippen molar-refractivity contribution in [2.45, 2.75) is 6.54 Å². The summed E-state index contributed by atoms with van der Waals surface area (Å²) in [5.74, 6) is -0.326. The molecule has 0 heterocycles. The molecule has 0 aromatic heterocycles. The Kier molecular flexibility index (Phi) is 4.74. The molecule has 6 nitrogen and oxygen atoms in total. The van der Waals surface area contributed by atoms with Crippen LogP contribution >= 0.6 is 0 Å². The van der Waals surface area contributed by atoms with Crippen LogP contribution in [0.3, 0.4) is 0 Å². The summed E-state index contributed by atoms with van der Waals surface area (Å²) in [5.41, 5.74) is 3.35. The zero-order valence-electron chi connectivity index (χ0n) is 9.94. The van der Waals surface area contributed by atoms with Crippen LogP contribution in [0.2, 0.25) is 0 Å². The summed E-state index contributed by atoms with van der Waals surface area (Å²) in [6, 6.07) is 2.92. The zero-order chi connectivity index (χ0) is 12.8. The minimum atomic E-state index is -0.498. The van der Waals surface area contributed by atoms with Crippen molar-refractivity contribution < 1.29 is 24.2 Å². The van der Waals surface area contributed by atoms with Crippen LogP contribution in [-0.4, -0.2) is 32.4 Å². The van der Waals surface area contributed by atoms with Gasteiger partial charge in [0.1, 0.15) is 0 Å². The van der Waals surface area contributed by atoms with Crippen LogP contribution in [-0.2, 0) is 16.1 Å². The predicted octanol–water partition coefficient (Wildman–Crippen LogP) is 0.838. The normalized spacial score (nSPS) is 10.1. The molecule has 0 aliphatic rings. The third-order valence-corrected chi connectivity index (χ3v) is 2.20. The van der Waals surface area contributed by atoms with Crippen molar-refractivity contribution in [3.8, 4) is 11.5 Å². The monoisotopic (exact) mass is 241 g/mol. The van der Waals surface area contributed by atoms with E-state index in [-0.39, 0.29) is 18.0 Å². The third-order valence-electron chi connectivity index (χ3n) is 2.20. The molecule has 0 saturated carbocycles. The van der Waals surface area contributed by atoms with Gasteiger partial charge in [-0.3, -0.25) is 0 Å². The largest absolute Gasteiger partial charge is 0.504 e. The highest BCUT2D eigenvalue weighted by Gasteiger charge is 2.15. The summed E-state index contributed by atoms with van der Waals surface area (Å²) in [5, 5.41) is 9.82. The molecule has 0 radical (unpaired) electrons. The highest BCUT2D eigenvalue weighted by molar-refractivity contribution is 5.90. The number of hydroxylamine groups is 1. The maximum absolute atomic E-state index is 11.4. The Morgan fingerprint density at radius 1 is 1.35 bits per heavy atom. The zero-order valence-corrected chi connectivity index (χ0v) is 9.94. The first kappa shape index (κ1) is 13.3. The fourth-order valence-electron chi connectivity index (χ4n) is 1.34. The molecule has 0 bridgehead atoms. The lowest BCUT2D eigenvalue weighted by Gasteiger charge is -2.11. The van der Waals surface area contributed by atoms with Gasteiger partial charge in [0.25, 0.3) is 0 Å². The third kappa shape index (κ3) is 3.08. The summed E-state index contributed by atoms with van der Waals surface area (Å²) < 4.78 is 9.58. The Balaban J connectivity index is 3.13. The van der Waals surface area contributed by atoms with Gasteiger partial charge in [0, 0.05) is 12.1 Å². The highest BCUT2D eigenvalue weighted by atomic mass is 16.6. The van der Waals surface area contributed by atoms with Gasteiger partial charge in [-0.1, -0.05) is 0 Å². The van der Waals surface area contributed by atoms with Crippen molar-refractivity contribution in [1.29, 1.82) is 0 Å². The molecule has 0 amide bonds. The van der Waals surface area contributed by atoms with E-state index in [9.17, 15) is 9.90 Å². The minimum absolute atomic E-state index is 0.0373. The molecule has 6 heteroatoms. The van der Waals surface area contributed by atoms with Crippen LogP contribution in [0.4, 0.5) is 0 Å². The van der Waals surface area contributed by atoms with E-state index in [1.807, 2.05) is 0 Å². The number of phenols is 1. The van der Waals surface area contributed by atoms with E-state index in [1.165, 1.54) is 33.5 Å². The number of hydrogen-bond acceptors (Lipinski definition) is 6. The number of carbonyl (C=O) groups excluding carboxylic acids is 1. The molecule has 0 aliphatic carbocycles.